The van der Waals surface area contributed by atoms with Gasteiger partial charge in [-0.1, -0.05) is 12.1 Å². The van der Waals surface area contributed by atoms with Crippen molar-refractivity contribution in [3.63, 3.8) is 0 Å². The zero-order valence-electron chi connectivity index (χ0n) is 14.7. The van der Waals surface area contributed by atoms with E-state index >= 15 is 0 Å². The summed E-state index contributed by atoms with van der Waals surface area (Å²) in [6.45, 7) is 2.95. The number of halogens is 1. The molecule has 1 aliphatic rings. The van der Waals surface area contributed by atoms with E-state index in [1.807, 2.05) is 18.3 Å². The summed E-state index contributed by atoms with van der Waals surface area (Å²) in [6.07, 6.45) is 3.60. The van der Waals surface area contributed by atoms with Crippen LogP contribution in [0.3, 0.4) is 0 Å². The molecule has 0 saturated carbocycles. The first-order valence-corrected chi connectivity index (χ1v) is 9.97. The summed E-state index contributed by atoms with van der Waals surface area (Å²) in [5, 5.41) is 3.37. The maximum absolute atomic E-state index is 12.7. The summed E-state index contributed by atoms with van der Waals surface area (Å²) in [4.78, 5) is 6.70. The molecule has 8 heteroatoms. The Labute approximate surface area is 160 Å². The smallest absolute Gasteiger partial charge is 0.179 e. The number of hydrogen-bond donors (Lipinski definition) is 1. The van der Waals surface area contributed by atoms with Crippen molar-refractivity contribution in [2.24, 2.45) is 0 Å². The first-order chi connectivity index (χ1) is 12.1. The third-order valence-corrected chi connectivity index (χ3v) is 6.16. The van der Waals surface area contributed by atoms with E-state index in [9.17, 15) is 8.42 Å². The van der Waals surface area contributed by atoms with Crippen molar-refractivity contribution >= 4 is 22.2 Å². The molecule has 3 rings (SSSR count). The van der Waals surface area contributed by atoms with E-state index in [4.69, 9.17) is 4.74 Å². The highest BCUT2D eigenvalue weighted by Crippen LogP contribution is 2.23. The van der Waals surface area contributed by atoms with Crippen molar-refractivity contribution in [3.8, 4) is 5.75 Å². The molecule has 2 heterocycles. The topological polar surface area (TPSA) is 71.5 Å². The Morgan fingerprint density at radius 1 is 1.31 bits per heavy atom. The first-order valence-electron chi connectivity index (χ1n) is 8.31. The summed E-state index contributed by atoms with van der Waals surface area (Å²) < 4.78 is 30.5. The molecule has 0 amide bonds. The summed E-state index contributed by atoms with van der Waals surface area (Å²) in [5.41, 5.74) is 1.11. The molecule has 1 unspecified atom stereocenters. The average molecular weight is 398 g/mol. The molecule has 0 radical (unpaired) electrons. The first kappa shape index (κ1) is 20.6. The predicted molar refractivity (Wildman–Crippen MR) is 104 cm³/mol. The zero-order chi connectivity index (χ0) is 17.7. The lowest BCUT2D eigenvalue weighted by molar-refractivity contribution is 0.171. The van der Waals surface area contributed by atoms with Gasteiger partial charge in [-0.25, -0.2) is 8.42 Å². The van der Waals surface area contributed by atoms with Gasteiger partial charge in [0.1, 0.15) is 5.75 Å². The van der Waals surface area contributed by atoms with Gasteiger partial charge in [0.2, 0.25) is 0 Å². The molecule has 1 saturated heterocycles. The number of nitrogens with zero attached hydrogens (tertiary/aromatic N) is 2. The van der Waals surface area contributed by atoms with E-state index in [-0.39, 0.29) is 24.2 Å². The van der Waals surface area contributed by atoms with Gasteiger partial charge in [0.05, 0.1) is 17.8 Å². The van der Waals surface area contributed by atoms with E-state index < -0.39 is 9.84 Å². The van der Waals surface area contributed by atoms with Gasteiger partial charge in [0.15, 0.2) is 9.84 Å². The monoisotopic (exact) mass is 397 g/mol. The molecule has 0 bridgehead atoms. The lowest BCUT2D eigenvalue weighted by atomic mass is 10.1. The van der Waals surface area contributed by atoms with Crippen LogP contribution in [-0.4, -0.2) is 57.3 Å². The fourth-order valence-corrected chi connectivity index (χ4v) is 4.36. The molecule has 1 fully saturated rings. The highest BCUT2D eigenvalue weighted by Gasteiger charge is 2.26. The van der Waals surface area contributed by atoms with Crippen LogP contribution in [0.5, 0.6) is 5.75 Å². The van der Waals surface area contributed by atoms with Crippen molar-refractivity contribution in [2.75, 3.05) is 39.0 Å². The normalized spacial score (nSPS) is 18.1. The lowest BCUT2D eigenvalue weighted by Crippen LogP contribution is -2.47. The van der Waals surface area contributed by atoms with Crippen LogP contribution in [0.4, 0.5) is 0 Å². The Morgan fingerprint density at radius 2 is 2.15 bits per heavy atom. The van der Waals surface area contributed by atoms with Gasteiger partial charge in [-0.2, -0.15) is 0 Å². The van der Waals surface area contributed by atoms with Crippen molar-refractivity contribution in [3.05, 3.63) is 54.4 Å². The second kappa shape index (κ2) is 9.32. The van der Waals surface area contributed by atoms with E-state index in [0.717, 1.165) is 25.2 Å². The Hall–Kier alpha value is -1.67. The van der Waals surface area contributed by atoms with Crippen LogP contribution in [-0.2, 0) is 9.84 Å². The molecular formula is C18H24ClN3O3S. The number of methoxy groups -OCH3 is 1. The number of hydrogen-bond acceptors (Lipinski definition) is 6. The number of ether oxygens (including phenoxy) is 1. The molecule has 1 aromatic heterocycles. The number of nitrogens with one attached hydrogen (secondary N) is 1. The second-order valence-corrected chi connectivity index (χ2v) is 8.15. The van der Waals surface area contributed by atoms with Crippen LogP contribution < -0.4 is 10.1 Å². The second-order valence-electron chi connectivity index (χ2n) is 6.04. The zero-order valence-corrected chi connectivity index (χ0v) is 16.3. The van der Waals surface area contributed by atoms with Gasteiger partial charge in [-0.3, -0.25) is 9.88 Å². The van der Waals surface area contributed by atoms with E-state index in [0.29, 0.717) is 17.2 Å². The minimum Gasteiger partial charge on any atom is -0.497 e. The molecule has 142 valence electrons. The van der Waals surface area contributed by atoms with E-state index in [2.05, 4.69) is 15.2 Å². The average Bonchev–Trinajstić information content (AvgIpc) is 2.67. The quantitative estimate of drug-likeness (QED) is 0.803. The van der Waals surface area contributed by atoms with Crippen molar-refractivity contribution in [1.82, 2.24) is 15.2 Å². The molecule has 6 nitrogen and oxygen atoms in total. The summed E-state index contributed by atoms with van der Waals surface area (Å²) in [7, 11) is -1.82. The maximum Gasteiger partial charge on any atom is 0.179 e. The Bertz CT molecular complexity index is 802. The van der Waals surface area contributed by atoms with Crippen LogP contribution >= 0.6 is 12.4 Å². The van der Waals surface area contributed by atoms with Crippen molar-refractivity contribution < 1.29 is 13.2 Å². The molecule has 1 atom stereocenters. The highest BCUT2D eigenvalue weighted by atomic mass is 35.5. The predicted octanol–water partition coefficient (Wildman–Crippen LogP) is 1.93. The number of benzene rings is 1. The van der Waals surface area contributed by atoms with Gasteiger partial charge in [0, 0.05) is 44.6 Å². The van der Waals surface area contributed by atoms with Gasteiger partial charge < -0.3 is 10.1 Å². The molecule has 0 spiro atoms. The molecule has 1 aliphatic heterocycles. The summed E-state index contributed by atoms with van der Waals surface area (Å²) >= 11 is 0. The van der Waals surface area contributed by atoms with Gasteiger partial charge in [0.25, 0.3) is 0 Å². The number of rotatable bonds is 6. The minimum atomic E-state index is -3.36. The summed E-state index contributed by atoms with van der Waals surface area (Å²) in [6, 6.07) is 10.7. The van der Waals surface area contributed by atoms with Crippen molar-refractivity contribution in [2.45, 2.75) is 10.9 Å². The highest BCUT2D eigenvalue weighted by molar-refractivity contribution is 7.91. The van der Waals surface area contributed by atoms with Gasteiger partial charge >= 0.3 is 0 Å². The number of piperazine rings is 1. The Balaban J connectivity index is 0.00000243. The molecule has 1 N–H and O–H groups in total. The Kier molecular flexibility index (Phi) is 7.40. The molecule has 0 aliphatic carbocycles. The van der Waals surface area contributed by atoms with E-state index in [1.54, 1.807) is 30.5 Å². The van der Waals surface area contributed by atoms with Crippen LogP contribution in [0.25, 0.3) is 0 Å². The van der Waals surface area contributed by atoms with E-state index in [1.165, 1.54) is 7.11 Å². The lowest BCUT2D eigenvalue weighted by Gasteiger charge is -2.36. The fourth-order valence-electron chi connectivity index (χ4n) is 3.07. The minimum absolute atomic E-state index is 0. The van der Waals surface area contributed by atoms with Crippen LogP contribution in [0.1, 0.15) is 11.6 Å². The number of aromatic nitrogens is 1. The maximum atomic E-state index is 12.7. The largest absolute Gasteiger partial charge is 0.497 e. The third-order valence-electron chi connectivity index (χ3n) is 4.47. The third kappa shape index (κ3) is 4.94. The molecule has 26 heavy (non-hydrogen) atoms. The summed E-state index contributed by atoms with van der Waals surface area (Å²) in [5.74, 6) is 0.633. The standard InChI is InChI=1S/C18H23N3O3S.ClH/c1-24-16-5-2-6-17(12-16)25(22,23)11-10-21-9-8-20-14-18(21)15-4-3-7-19-13-15;/h2-7,12-13,18,20H,8-11,14H2,1H3;1H. The van der Waals surface area contributed by atoms with Crippen LogP contribution in [0.15, 0.2) is 53.7 Å². The van der Waals surface area contributed by atoms with Gasteiger partial charge in [-0.15, -0.1) is 12.4 Å². The fraction of sp³-hybridized carbons (Fsp3) is 0.389. The number of sulfone groups is 1. The van der Waals surface area contributed by atoms with Crippen LogP contribution in [0, 0.1) is 0 Å². The number of pyridine rings is 1. The van der Waals surface area contributed by atoms with Crippen LogP contribution in [0.2, 0.25) is 0 Å². The Morgan fingerprint density at radius 3 is 2.88 bits per heavy atom. The molecule has 1 aromatic carbocycles. The molecular weight excluding hydrogens is 374 g/mol. The SMILES string of the molecule is COc1cccc(S(=O)(=O)CCN2CCNCC2c2cccnc2)c1.Cl. The van der Waals surface area contributed by atoms with Gasteiger partial charge in [-0.05, 0) is 29.8 Å². The molecule has 2 aromatic rings. The van der Waals surface area contributed by atoms with Crippen molar-refractivity contribution in [1.29, 1.82) is 0 Å².